The molecule has 1 amide bonds. The van der Waals surface area contributed by atoms with Crippen LogP contribution in [0.2, 0.25) is 0 Å². The van der Waals surface area contributed by atoms with Crippen molar-refractivity contribution in [2.24, 2.45) is 0 Å². The molecule has 1 aromatic carbocycles. The number of rotatable bonds is 6. The van der Waals surface area contributed by atoms with Gasteiger partial charge in [-0.1, -0.05) is 13.0 Å². The first-order valence-electron chi connectivity index (χ1n) is 14.0. The third-order valence-electron chi connectivity index (χ3n) is 8.69. The Hall–Kier alpha value is -4.31. The molecule has 6 rings (SSSR count). The molecule has 0 spiro atoms. The fourth-order valence-electron chi connectivity index (χ4n) is 6.43. The van der Waals surface area contributed by atoms with Crippen molar-refractivity contribution in [3.8, 4) is 17.2 Å². The summed E-state index contributed by atoms with van der Waals surface area (Å²) in [5.41, 5.74) is -1.25. The molecule has 0 bridgehead atoms. The highest BCUT2D eigenvalue weighted by atomic mass is 19.4. The molecule has 2 aliphatic heterocycles. The molecule has 0 saturated carbocycles. The number of fused-ring (bicyclic) bond motifs is 1. The van der Waals surface area contributed by atoms with Gasteiger partial charge in [0.05, 0.1) is 36.0 Å². The highest BCUT2D eigenvalue weighted by Gasteiger charge is 2.48. The average Bonchev–Trinajstić information content (AvgIpc) is 3.64. The molecule has 5 heterocycles. The minimum absolute atomic E-state index is 0.00792. The molecule has 2 saturated heterocycles. The van der Waals surface area contributed by atoms with Crippen LogP contribution < -0.4 is 0 Å². The van der Waals surface area contributed by atoms with Gasteiger partial charge in [-0.25, -0.2) is 13.8 Å². The number of alkyl halides is 3. The largest absolute Gasteiger partial charge is 0.419 e. The van der Waals surface area contributed by atoms with E-state index >= 15 is 0 Å². The van der Waals surface area contributed by atoms with Gasteiger partial charge in [-0.05, 0) is 37.0 Å². The lowest BCUT2D eigenvalue weighted by atomic mass is 9.83. The number of aromatic amines is 1. The number of hydrogen-bond donors (Lipinski definition) is 1. The second kappa shape index (κ2) is 10.8. The van der Waals surface area contributed by atoms with Crippen molar-refractivity contribution in [1.29, 1.82) is 5.26 Å². The number of halogens is 5. The molecule has 13 heteroatoms. The molecular weight excluding hydrogens is 569 g/mol. The molecule has 4 aromatic rings. The summed E-state index contributed by atoms with van der Waals surface area (Å²) >= 11 is 0. The smallest absolute Gasteiger partial charge is 0.346 e. The average molecular weight is 598 g/mol. The fourth-order valence-corrected chi connectivity index (χ4v) is 6.43. The first kappa shape index (κ1) is 28.8. The quantitative estimate of drug-likeness (QED) is 0.296. The van der Waals surface area contributed by atoms with E-state index in [2.05, 4.69) is 26.0 Å². The SMILES string of the molecule is CCc1ccc(C(=O)N2CCC(N3CC(CC#N)(n4cc(-c5c(F)cnc6[nH]ccc56)cn4)C3)CC2)c(F)c1C(F)(F)F. The maximum atomic E-state index is 15.0. The van der Waals surface area contributed by atoms with Gasteiger partial charge in [0.2, 0.25) is 0 Å². The number of nitriles is 1. The van der Waals surface area contributed by atoms with Crippen molar-refractivity contribution < 1.29 is 26.7 Å². The molecule has 224 valence electrons. The zero-order chi connectivity index (χ0) is 30.5. The van der Waals surface area contributed by atoms with Crippen LogP contribution in [0.25, 0.3) is 22.2 Å². The van der Waals surface area contributed by atoms with Crippen LogP contribution in [-0.4, -0.2) is 67.7 Å². The van der Waals surface area contributed by atoms with E-state index in [1.165, 1.54) is 17.9 Å². The van der Waals surface area contributed by atoms with Crippen LogP contribution in [0, 0.1) is 23.0 Å². The summed E-state index contributed by atoms with van der Waals surface area (Å²) in [5, 5.41) is 14.7. The van der Waals surface area contributed by atoms with Crippen molar-refractivity contribution in [3.63, 3.8) is 0 Å². The fraction of sp³-hybridized carbons (Fsp3) is 0.400. The van der Waals surface area contributed by atoms with E-state index < -0.39 is 40.4 Å². The number of pyridine rings is 1. The van der Waals surface area contributed by atoms with Gasteiger partial charge < -0.3 is 9.88 Å². The minimum atomic E-state index is -4.90. The van der Waals surface area contributed by atoms with Crippen LogP contribution in [0.3, 0.4) is 0 Å². The third-order valence-corrected chi connectivity index (χ3v) is 8.69. The van der Waals surface area contributed by atoms with E-state index in [1.807, 2.05) is 0 Å². The lowest BCUT2D eigenvalue weighted by Gasteiger charge is -2.53. The first-order chi connectivity index (χ1) is 20.6. The molecule has 3 aromatic heterocycles. The second-order valence-corrected chi connectivity index (χ2v) is 11.2. The molecule has 8 nitrogen and oxygen atoms in total. The summed E-state index contributed by atoms with van der Waals surface area (Å²) in [5.74, 6) is -2.76. The number of nitrogens with zero attached hydrogens (tertiary/aromatic N) is 6. The molecule has 0 radical (unpaired) electrons. The predicted octanol–water partition coefficient (Wildman–Crippen LogP) is 5.52. The van der Waals surface area contributed by atoms with Crippen molar-refractivity contribution in [1.82, 2.24) is 29.5 Å². The van der Waals surface area contributed by atoms with E-state index in [0.29, 0.717) is 48.1 Å². The Morgan fingerprint density at radius 1 is 1.16 bits per heavy atom. The lowest BCUT2D eigenvalue weighted by Crippen LogP contribution is -2.66. The molecule has 0 aliphatic carbocycles. The van der Waals surface area contributed by atoms with Crippen LogP contribution in [-0.2, 0) is 18.1 Å². The molecular formula is C30H28F5N7O. The molecule has 2 fully saturated rings. The van der Waals surface area contributed by atoms with Crippen molar-refractivity contribution in [2.75, 3.05) is 26.2 Å². The van der Waals surface area contributed by atoms with E-state index in [1.54, 1.807) is 29.3 Å². The molecule has 0 unspecified atom stereocenters. The van der Waals surface area contributed by atoms with Crippen LogP contribution in [0.1, 0.15) is 47.7 Å². The number of carbonyl (C=O) groups is 1. The van der Waals surface area contributed by atoms with Gasteiger partial charge in [-0.2, -0.15) is 23.5 Å². The van der Waals surface area contributed by atoms with E-state index in [-0.39, 0.29) is 37.5 Å². The second-order valence-electron chi connectivity index (χ2n) is 11.2. The van der Waals surface area contributed by atoms with E-state index in [4.69, 9.17) is 0 Å². The lowest BCUT2D eigenvalue weighted by molar-refractivity contribution is -0.140. The maximum absolute atomic E-state index is 15.0. The Balaban J connectivity index is 1.14. The van der Waals surface area contributed by atoms with Crippen molar-refractivity contribution in [2.45, 2.75) is 50.4 Å². The summed E-state index contributed by atoms with van der Waals surface area (Å²) in [6.45, 7) is 3.06. The monoisotopic (exact) mass is 597 g/mol. The van der Waals surface area contributed by atoms with Crippen LogP contribution in [0.15, 0.2) is 43.0 Å². The zero-order valence-corrected chi connectivity index (χ0v) is 23.3. The highest BCUT2D eigenvalue weighted by molar-refractivity contribution is 5.95. The number of benzene rings is 1. The van der Waals surface area contributed by atoms with Gasteiger partial charge in [0.1, 0.15) is 22.8 Å². The predicted molar refractivity (Wildman–Crippen MR) is 147 cm³/mol. The number of likely N-dealkylation sites (tertiary alicyclic amines) is 2. The van der Waals surface area contributed by atoms with E-state index in [9.17, 15) is 32.0 Å². The topological polar surface area (TPSA) is 93.8 Å². The van der Waals surface area contributed by atoms with Crippen LogP contribution in [0.4, 0.5) is 22.0 Å². The number of piperidine rings is 1. The summed E-state index contributed by atoms with van der Waals surface area (Å²) in [6, 6.07) is 6.37. The number of nitrogens with one attached hydrogen (secondary N) is 1. The number of carbonyl (C=O) groups excluding carboxylic acids is 1. The molecule has 2 aliphatic rings. The van der Waals surface area contributed by atoms with Crippen LogP contribution in [0.5, 0.6) is 0 Å². The minimum Gasteiger partial charge on any atom is -0.346 e. The number of aromatic nitrogens is 4. The van der Waals surface area contributed by atoms with Crippen LogP contribution >= 0.6 is 0 Å². The number of hydrogen-bond acceptors (Lipinski definition) is 5. The van der Waals surface area contributed by atoms with Gasteiger partial charge >= 0.3 is 6.18 Å². The molecule has 43 heavy (non-hydrogen) atoms. The number of amides is 1. The Kier molecular flexibility index (Phi) is 7.20. The summed E-state index contributed by atoms with van der Waals surface area (Å²) < 4.78 is 72.1. The van der Waals surface area contributed by atoms with Gasteiger partial charge in [-0.15, -0.1) is 0 Å². The number of H-pyrrole nitrogens is 1. The molecule has 0 atom stereocenters. The first-order valence-corrected chi connectivity index (χ1v) is 14.0. The summed E-state index contributed by atoms with van der Waals surface area (Å²) in [7, 11) is 0. The number of aryl methyl sites for hydroxylation is 1. The van der Waals surface area contributed by atoms with Gasteiger partial charge in [0.25, 0.3) is 5.91 Å². The zero-order valence-electron chi connectivity index (χ0n) is 23.3. The highest BCUT2D eigenvalue weighted by Crippen LogP contribution is 2.39. The van der Waals surface area contributed by atoms with Crippen molar-refractivity contribution in [3.05, 3.63) is 71.3 Å². The summed E-state index contributed by atoms with van der Waals surface area (Å²) in [4.78, 5) is 23.7. The van der Waals surface area contributed by atoms with E-state index in [0.717, 1.165) is 12.3 Å². The Morgan fingerprint density at radius 3 is 2.58 bits per heavy atom. The summed E-state index contributed by atoms with van der Waals surface area (Å²) in [6.07, 6.45) is 2.54. The molecule has 1 N–H and O–H groups in total. The maximum Gasteiger partial charge on any atom is 0.419 e. The standard InChI is InChI=1S/C30H28F5N7O/c1-2-18-3-4-22(26(32)25(18)30(33,34)35)28(43)40-11-6-20(7-12-40)41-16-29(17-41,8-9-36)42-15-19(13-39-42)24-21-5-10-37-27(21)38-14-23(24)31/h3-5,10,13-15,20H,2,6-8,11-12,16-17H2,1H3,(H,37,38). The van der Waals surface area contributed by atoms with Gasteiger partial charge in [0, 0.05) is 61.1 Å². The Bertz CT molecular complexity index is 1720. The van der Waals surface area contributed by atoms with Gasteiger partial charge in [-0.3, -0.25) is 14.4 Å². The Morgan fingerprint density at radius 2 is 1.91 bits per heavy atom. The van der Waals surface area contributed by atoms with Crippen molar-refractivity contribution >= 4 is 16.9 Å². The third kappa shape index (κ3) is 4.93. The van der Waals surface area contributed by atoms with Gasteiger partial charge in [0.15, 0.2) is 0 Å². The normalized spacial score (nSPS) is 17.7. The Labute approximate surface area is 243 Å².